The van der Waals surface area contributed by atoms with Crippen LogP contribution in [-0.4, -0.2) is 44.7 Å². The van der Waals surface area contributed by atoms with Gasteiger partial charge in [0, 0.05) is 31.4 Å². The Bertz CT molecular complexity index is 906. The van der Waals surface area contributed by atoms with Crippen LogP contribution in [-0.2, 0) is 6.54 Å². The third kappa shape index (κ3) is 3.44. The quantitative estimate of drug-likeness (QED) is 0.649. The van der Waals surface area contributed by atoms with Crippen molar-refractivity contribution >= 4 is 21.8 Å². The van der Waals surface area contributed by atoms with Crippen molar-refractivity contribution in [2.24, 2.45) is 5.73 Å². The Morgan fingerprint density at radius 2 is 1.96 bits per heavy atom. The van der Waals surface area contributed by atoms with E-state index in [4.69, 9.17) is 5.73 Å². The molecule has 1 fully saturated rings. The number of amides is 1. The molecule has 1 aliphatic rings. The summed E-state index contributed by atoms with van der Waals surface area (Å²) in [5, 5.41) is 10.3. The van der Waals surface area contributed by atoms with Crippen molar-refractivity contribution in [2.45, 2.75) is 18.7 Å². The Morgan fingerprint density at radius 1 is 1.28 bits per heavy atom. The Labute approximate surface area is 151 Å². The molecule has 132 valence electrons. The molecule has 3 rings (SSSR count). The minimum atomic E-state index is -0.914. The van der Waals surface area contributed by atoms with Gasteiger partial charge in [-0.15, -0.1) is 0 Å². The summed E-state index contributed by atoms with van der Waals surface area (Å²) in [6.07, 6.45) is 0.418. The van der Waals surface area contributed by atoms with Crippen LogP contribution in [0.1, 0.15) is 22.0 Å². The zero-order valence-electron chi connectivity index (χ0n) is 13.2. The number of nitrogens with two attached hydrogens (primary N) is 1. The normalized spacial score (nSPS) is 20.0. The fourth-order valence-electron chi connectivity index (χ4n) is 2.88. The number of hydrogen-bond acceptors (Lipinski definition) is 5. The van der Waals surface area contributed by atoms with Crippen LogP contribution in [0.15, 0.2) is 44.5 Å². The van der Waals surface area contributed by atoms with E-state index in [0.717, 1.165) is 5.56 Å². The molecule has 1 aromatic carbocycles. The summed E-state index contributed by atoms with van der Waals surface area (Å²) in [6.45, 7) is 0.658. The number of aromatic amines is 1. The van der Waals surface area contributed by atoms with Crippen LogP contribution in [0.2, 0.25) is 0 Å². The number of benzene rings is 1. The highest BCUT2D eigenvalue weighted by Crippen LogP contribution is 2.23. The zero-order valence-corrected chi connectivity index (χ0v) is 14.8. The standard InChI is InChI=1S/C16H17BrN4O4/c17-11-6-21(16(25)19-14(11)23)12-7-20(8-13(12)22)15(24)10-3-1-9(5-18)2-4-10/h1-4,6,12-13,22H,5,7-8,18H2,(H,19,23,25)/t12-,13-/m0/s1. The molecule has 2 aromatic rings. The van der Waals surface area contributed by atoms with Crippen molar-refractivity contribution in [1.29, 1.82) is 0 Å². The molecule has 0 spiro atoms. The Morgan fingerprint density at radius 3 is 2.60 bits per heavy atom. The number of carbonyl (C=O) groups is 1. The molecule has 0 unspecified atom stereocenters. The lowest BCUT2D eigenvalue weighted by molar-refractivity contribution is 0.0764. The number of nitrogens with zero attached hydrogens (tertiary/aromatic N) is 2. The van der Waals surface area contributed by atoms with Crippen molar-refractivity contribution in [3.8, 4) is 0 Å². The Kier molecular flexibility index (Phi) is 4.89. The number of H-pyrrole nitrogens is 1. The first-order valence-electron chi connectivity index (χ1n) is 7.68. The monoisotopic (exact) mass is 408 g/mol. The minimum Gasteiger partial charge on any atom is -0.389 e. The lowest BCUT2D eigenvalue weighted by Crippen LogP contribution is -2.36. The molecule has 9 heteroatoms. The van der Waals surface area contributed by atoms with E-state index in [1.807, 2.05) is 0 Å². The second-order valence-electron chi connectivity index (χ2n) is 5.89. The molecule has 2 atom stereocenters. The average Bonchev–Trinajstić information content (AvgIpc) is 2.99. The van der Waals surface area contributed by atoms with Gasteiger partial charge in [-0.3, -0.25) is 19.1 Å². The number of aliphatic hydroxyl groups is 1. The first kappa shape index (κ1) is 17.6. The van der Waals surface area contributed by atoms with E-state index in [0.29, 0.717) is 12.1 Å². The molecule has 1 amide bonds. The Balaban J connectivity index is 1.83. The summed E-state index contributed by atoms with van der Waals surface area (Å²) in [5.41, 5.74) is 5.78. The van der Waals surface area contributed by atoms with Crippen LogP contribution < -0.4 is 17.0 Å². The van der Waals surface area contributed by atoms with Crippen LogP contribution >= 0.6 is 15.9 Å². The van der Waals surface area contributed by atoms with E-state index in [2.05, 4.69) is 20.9 Å². The second kappa shape index (κ2) is 6.95. The first-order valence-corrected chi connectivity index (χ1v) is 8.47. The van der Waals surface area contributed by atoms with Gasteiger partial charge >= 0.3 is 5.69 Å². The van der Waals surface area contributed by atoms with Gasteiger partial charge in [-0.2, -0.15) is 0 Å². The number of halogens is 1. The highest BCUT2D eigenvalue weighted by atomic mass is 79.9. The Hall–Kier alpha value is -2.23. The topological polar surface area (TPSA) is 121 Å². The molecular formula is C16H17BrN4O4. The smallest absolute Gasteiger partial charge is 0.328 e. The number of aromatic nitrogens is 2. The highest BCUT2D eigenvalue weighted by Gasteiger charge is 2.36. The fraction of sp³-hybridized carbons (Fsp3) is 0.312. The molecule has 1 aromatic heterocycles. The van der Waals surface area contributed by atoms with Gasteiger partial charge in [-0.1, -0.05) is 12.1 Å². The fourth-order valence-corrected chi connectivity index (χ4v) is 3.20. The largest absolute Gasteiger partial charge is 0.389 e. The number of nitrogens with one attached hydrogen (secondary N) is 1. The minimum absolute atomic E-state index is 0.103. The molecular weight excluding hydrogens is 392 g/mol. The number of carbonyl (C=O) groups excluding carboxylic acids is 1. The van der Waals surface area contributed by atoms with Gasteiger partial charge < -0.3 is 15.7 Å². The summed E-state index contributed by atoms with van der Waals surface area (Å²) in [5.74, 6) is -0.235. The molecule has 0 saturated carbocycles. The maximum absolute atomic E-state index is 12.6. The predicted molar refractivity (Wildman–Crippen MR) is 94.3 cm³/mol. The molecule has 2 heterocycles. The van der Waals surface area contributed by atoms with Crippen molar-refractivity contribution < 1.29 is 9.90 Å². The van der Waals surface area contributed by atoms with Crippen LogP contribution in [0.3, 0.4) is 0 Å². The summed E-state index contributed by atoms with van der Waals surface area (Å²) in [4.78, 5) is 39.7. The summed E-state index contributed by atoms with van der Waals surface area (Å²) in [6, 6.07) is 6.30. The van der Waals surface area contributed by atoms with Crippen molar-refractivity contribution in [3.05, 3.63) is 66.9 Å². The van der Waals surface area contributed by atoms with Crippen LogP contribution in [0.5, 0.6) is 0 Å². The van der Waals surface area contributed by atoms with Crippen LogP contribution in [0.4, 0.5) is 0 Å². The van der Waals surface area contributed by atoms with E-state index in [1.54, 1.807) is 24.3 Å². The van der Waals surface area contributed by atoms with Gasteiger partial charge in [0.25, 0.3) is 11.5 Å². The average molecular weight is 409 g/mol. The highest BCUT2D eigenvalue weighted by molar-refractivity contribution is 9.10. The van der Waals surface area contributed by atoms with E-state index in [1.165, 1.54) is 15.7 Å². The van der Waals surface area contributed by atoms with E-state index in [-0.39, 0.29) is 23.5 Å². The van der Waals surface area contributed by atoms with Crippen molar-refractivity contribution in [3.63, 3.8) is 0 Å². The maximum atomic E-state index is 12.6. The molecule has 0 radical (unpaired) electrons. The van der Waals surface area contributed by atoms with Crippen LogP contribution in [0.25, 0.3) is 0 Å². The molecule has 0 aliphatic carbocycles. The van der Waals surface area contributed by atoms with Gasteiger partial charge in [-0.25, -0.2) is 4.79 Å². The molecule has 25 heavy (non-hydrogen) atoms. The van der Waals surface area contributed by atoms with E-state index in [9.17, 15) is 19.5 Å². The summed E-state index contributed by atoms with van der Waals surface area (Å²) < 4.78 is 1.42. The van der Waals surface area contributed by atoms with Crippen molar-refractivity contribution in [2.75, 3.05) is 13.1 Å². The lowest BCUT2D eigenvalue weighted by atomic mass is 10.1. The lowest BCUT2D eigenvalue weighted by Gasteiger charge is -2.17. The predicted octanol–water partition coefficient (Wildman–Crippen LogP) is -0.184. The van der Waals surface area contributed by atoms with Gasteiger partial charge in [-0.05, 0) is 33.6 Å². The van der Waals surface area contributed by atoms with E-state index >= 15 is 0 Å². The maximum Gasteiger partial charge on any atom is 0.328 e. The van der Waals surface area contributed by atoms with Crippen molar-refractivity contribution in [1.82, 2.24) is 14.5 Å². The SMILES string of the molecule is NCc1ccc(C(=O)N2C[C@H](O)[C@@H](n3cc(Br)c(=O)[nH]c3=O)C2)cc1. The molecule has 1 aliphatic heterocycles. The van der Waals surface area contributed by atoms with E-state index < -0.39 is 23.4 Å². The first-order chi connectivity index (χ1) is 11.9. The number of β-amino-alcohol motifs (C(OH)–C–C–N with tert-alkyl or cyclic N) is 1. The third-order valence-electron chi connectivity index (χ3n) is 4.26. The summed E-state index contributed by atoms with van der Waals surface area (Å²) in [7, 11) is 0. The third-order valence-corrected chi connectivity index (χ3v) is 4.83. The number of hydrogen-bond donors (Lipinski definition) is 3. The molecule has 4 N–H and O–H groups in total. The van der Waals surface area contributed by atoms with Gasteiger partial charge in [0.15, 0.2) is 0 Å². The van der Waals surface area contributed by atoms with Crippen LogP contribution in [0, 0.1) is 0 Å². The number of aliphatic hydroxyl groups excluding tert-OH is 1. The molecule has 0 bridgehead atoms. The molecule has 1 saturated heterocycles. The second-order valence-corrected chi connectivity index (χ2v) is 6.74. The van der Waals surface area contributed by atoms with Gasteiger partial charge in [0.2, 0.25) is 0 Å². The molecule has 8 nitrogen and oxygen atoms in total. The van der Waals surface area contributed by atoms with Gasteiger partial charge in [0.05, 0.1) is 16.6 Å². The zero-order chi connectivity index (χ0) is 18.1. The van der Waals surface area contributed by atoms with Gasteiger partial charge in [0.1, 0.15) is 0 Å². The number of rotatable bonds is 3. The number of likely N-dealkylation sites (tertiary alicyclic amines) is 1. The summed E-state index contributed by atoms with van der Waals surface area (Å²) >= 11 is 3.07.